The number of ketones is 1. The molecule has 0 bridgehead atoms. The molecule has 3 rings (SSSR count). The van der Waals surface area contributed by atoms with Gasteiger partial charge in [0.15, 0.2) is 5.78 Å². The molecule has 142 valence electrons. The quantitative estimate of drug-likeness (QED) is 0.592. The number of amides is 4. The minimum Gasteiger partial charge on any atom is -0.297 e. The summed E-state index contributed by atoms with van der Waals surface area (Å²) in [7, 11) is 1.37. The van der Waals surface area contributed by atoms with Crippen LogP contribution in [0.2, 0.25) is 0 Å². The van der Waals surface area contributed by atoms with E-state index in [-0.39, 0.29) is 18.7 Å². The molecule has 1 atom stereocenters. The second-order valence-electron chi connectivity index (χ2n) is 7.34. The van der Waals surface area contributed by atoms with Crippen LogP contribution in [-0.4, -0.2) is 47.0 Å². The van der Waals surface area contributed by atoms with E-state index < -0.39 is 23.3 Å². The number of carbonyl (C=O) groups excluding carboxylic acids is 4. The SMILES string of the molecule is CN1C(=O)N(CC(=O)Cc2ccccc2)C(=O)C(C)(C2=CCCCC2)C1=O. The van der Waals surface area contributed by atoms with Gasteiger partial charge in [-0.15, -0.1) is 0 Å². The molecule has 0 spiro atoms. The highest BCUT2D eigenvalue weighted by Crippen LogP contribution is 2.40. The van der Waals surface area contributed by atoms with Crippen molar-refractivity contribution in [3.63, 3.8) is 0 Å². The van der Waals surface area contributed by atoms with E-state index >= 15 is 0 Å². The van der Waals surface area contributed by atoms with Crippen LogP contribution >= 0.6 is 0 Å². The van der Waals surface area contributed by atoms with Crippen molar-refractivity contribution in [1.82, 2.24) is 9.80 Å². The van der Waals surface area contributed by atoms with Gasteiger partial charge >= 0.3 is 6.03 Å². The van der Waals surface area contributed by atoms with E-state index in [4.69, 9.17) is 0 Å². The van der Waals surface area contributed by atoms with Crippen molar-refractivity contribution in [3.8, 4) is 0 Å². The molecular weight excluding hydrogens is 344 g/mol. The van der Waals surface area contributed by atoms with Crippen molar-refractivity contribution in [2.75, 3.05) is 13.6 Å². The number of urea groups is 1. The maximum Gasteiger partial charge on any atom is 0.333 e. The van der Waals surface area contributed by atoms with E-state index in [0.717, 1.165) is 40.2 Å². The lowest BCUT2D eigenvalue weighted by Gasteiger charge is -2.42. The van der Waals surface area contributed by atoms with E-state index in [1.807, 2.05) is 36.4 Å². The molecule has 1 aromatic carbocycles. The van der Waals surface area contributed by atoms with Crippen LogP contribution in [0.25, 0.3) is 0 Å². The van der Waals surface area contributed by atoms with Gasteiger partial charge in [0, 0.05) is 13.5 Å². The Balaban J connectivity index is 1.84. The number of carbonyl (C=O) groups is 4. The Bertz CT molecular complexity index is 815. The fourth-order valence-electron chi connectivity index (χ4n) is 3.81. The number of barbiturate groups is 1. The fourth-order valence-corrected chi connectivity index (χ4v) is 3.81. The van der Waals surface area contributed by atoms with Gasteiger partial charge in [-0.25, -0.2) is 4.79 Å². The first-order valence-electron chi connectivity index (χ1n) is 9.25. The van der Waals surface area contributed by atoms with Gasteiger partial charge in [0.2, 0.25) is 5.91 Å². The van der Waals surface area contributed by atoms with E-state index in [1.54, 1.807) is 6.92 Å². The van der Waals surface area contributed by atoms with Crippen LogP contribution in [-0.2, 0) is 20.8 Å². The van der Waals surface area contributed by atoms with E-state index in [1.165, 1.54) is 7.05 Å². The fraction of sp³-hybridized carbons (Fsp3) is 0.429. The smallest absolute Gasteiger partial charge is 0.297 e. The lowest BCUT2D eigenvalue weighted by atomic mass is 9.73. The number of hydrogen-bond donors (Lipinski definition) is 0. The molecule has 1 aliphatic carbocycles. The molecule has 6 heteroatoms. The molecule has 0 radical (unpaired) electrons. The Morgan fingerprint density at radius 1 is 1.07 bits per heavy atom. The van der Waals surface area contributed by atoms with Crippen molar-refractivity contribution < 1.29 is 19.2 Å². The van der Waals surface area contributed by atoms with Crippen molar-refractivity contribution >= 4 is 23.6 Å². The van der Waals surface area contributed by atoms with Gasteiger partial charge in [-0.05, 0) is 43.7 Å². The second kappa shape index (κ2) is 7.47. The summed E-state index contributed by atoms with van der Waals surface area (Å²) in [6.45, 7) is 1.25. The third kappa shape index (κ3) is 3.44. The molecule has 6 nitrogen and oxygen atoms in total. The Hall–Kier alpha value is -2.76. The van der Waals surface area contributed by atoms with Gasteiger partial charge in [0.05, 0.1) is 6.54 Å². The molecule has 1 fully saturated rings. The zero-order valence-corrected chi connectivity index (χ0v) is 15.7. The average Bonchev–Trinajstić information content (AvgIpc) is 2.69. The van der Waals surface area contributed by atoms with Crippen LogP contribution in [0.1, 0.15) is 38.2 Å². The first kappa shape index (κ1) is 19.0. The summed E-state index contributed by atoms with van der Waals surface area (Å²) in [5.41, 5.74) is 0.168. The van der Waals surface area contributed by atoms with Gasteiger partial charge in [-0.2, -0.15) is 0 Å². The van der Waals surface area contributed by atoms with Gasteiger partial charge in [-0.3, -0.25) is 24.2 Å². The lowest BCUT2D eigenvalue weighted by Crippen LogP contribution is -2.64. The van der Waals surface area contributed by atoms with Crippen LogP contribution < -0.4 is 0 Å². The van der Waals surface area contributed by atoms with Crippen molar-refractivity contribution in [2.24, 2.45) is 5.41 Å². The van der Waals surface area contributed by atoms with Crippen LogP contribution in [0.5, 0.6) is 0 Å². The molecule has 1 aromatic rings. The molecule has 1 saturated heterocycles. The molecule has 1 unspecified atom stereocenters. The maximum absolute atomic E-state index is 13.2. The molecule has 4 amide bonds. The second-order valence-corrected chi connectivity index (χ2v) is 7.34. The number of imide groups is 2. The summed E-state index contributed by atoms with van der Waals surface area (Å²) in [5.74, 6) is -1.35. The molecule has 1 aliphatic heterocycles. The lowest BCUT2D eigenvalue weighted by molar-refractivity contribution is -0.155. The van der Waals surface area contributed by atoms with Crippen LogP contribution in [0, 0.1) is 5.41 Å². The van der Waals surface area contributed by atoms with Gasteiger partial charge in [-0.1, -0.05) is 36.4 Å². The number of rotatable bonds is 5. The Morgan fingerprint density at radius 3 is 2.41 bits per heavy atom. The number of allylic oxidation sites excluding steroid dienone is 1. The largest absolute Gasteiger partial charge is 0.333 e. The van der Waals surface area contributed by atoms with E-state index in [9.17, 15) is 19.2 Å². The normalized spacial score (nSPS) is 23.5. The molecule has 1 heterocycles. The predicted molar refractivity (Wildman–Crippen MR) is 99.7 cm³/mol. The number of Topliss-reactive ketones (excluding diaryl/α,β-unsaturated/α-hetero) is 1. The number of hydrogen-bond acceptors (Lipinski definition) is 4. The average molecular weight is 368 g/mol. The molecule has 0 N–H and O–H groups in total. The van der Waals surface area contributed by atoms with Crippen molar-refractivity contribution in [2.45, 2.75) is 39.0 Å². The minimum atomic E-state index is -1.41. The molecular formula is C21H24N2O4. The molecule has 0 saturated carbocycles. The van der Waals surface area contributed by atoms with Crippen molar-refractivity contribution in [1.29, 1.82) is 0 Å². The monoisotopic (exact) mass is 368 g/mol. The van der Waals surface area contributed by atoms with Gasteiger partial charge < -0.3 is 0 Å². The standard InChI is InChI=1S/C21H24N2O4/c1-21(16-11-7-4-8-12-16)18(25)22(2)20(27)23(19(21)26)14-17(24)13-15-9-5-3-6-10-15/h3,5-6,9-11H,4,7-8,12-14H2,1-2H3. The Labute approximate surface area is 158 Å². The summed E-state index contributed by atoms with van der Waals surface area (Å²) in [4.78, 5) is 52.9. The summed E-state index contributed by atoms with van der Waals surface area (Å²) in [6, 6.07) is 8.43. The van der Waals surface area contributed by atoms with E-state index in [0.29, 0.717) is 6.42 Å². The maximum atomic E-state index is 13.2. The Kier molecular flexibility index (Phi) is 5.26. The zero-order chi connectivity index (χ0) is 19.6. The predicted octanol–water partition coefficient (Wildman–Crippen LogP) is 2.73. The minimum absolute atomic E-state index is 0.134. The highest BCUT2D eigenvalue weighted by molar-refractivity contribution is 6.21. The third-order valence-electron chi connectivity index (χ3n) is 5.43. The summed E-state index contributed by atoms with van der Waals surface area (Å²) >= 11 is 0. The highest BCUT2D eigenvalue weighted by atomic mass is 16.2. The molecule has 0 aromatic heterocycles. The summed E-state index contributed by atoms with van der Waals surface area (Å²) in [6.07, 6.45) is 5.47. The molecule has 2 aliphatic rings. The first-order chi connectivity index (χ1) is 12.9. The Morgan fingerprint density at radius 2 is 1.78 bits per heavy atom. The zero-order valence-electron chi connectivity index (χ0n) is 15.7. The third-order valence-corrected chi connectivity index (χ3v) is 5.43. The highest BCUT2D eigenvalue weighted by Gasteiger charge is 2.55. The summed E-state index contributed by atoms with van der Waals surface area (Å²) < 4.78 is 0. The topological polar surface area (TPSA) is 74.8 Å². The van der Waals surface area contributed by atoms with Gasteiger partial charge in [0.1, 0.15) is 5.41 Å². The van der Waals surface area contributed by atoms with Crippen LogP contribution in [0.3, 0.4) is 0 Å². The number of nitrogens with zero attached hydrogens (tertiary/aromatic N) is 2. The first-order valence-corrected chi connectivity index (χ1v) is 9.25. The number of benzene rings is 1. The summed E-state index contributed by atoms with van der Waals surface area (Å²) in [5, 5.41) is 0. The molecule has 27 heavy (non-hydrogen) atoms. The van der Waals surface area contributed by atoms with E-state index in [2.05, 4.69) is 0 Å². The van der Waals surface area contributed by atoms with Crippen LogP contribution in [0.15, 0.2) is 42.0 Å². The van der Waals surface area contributed by atoms with Crippen LogP contribution in [0.4, 0.5) is 4.79 Å². The van der Waals surface area contributed by atoms with Gasteiger partial charge in [0.25, 0.3) is 5.91 Å². The van der Waals surface area contributed by atoms with Crippen molar-refractivity contribution in [3.05, 3.63) is 47.5 Å².